The largest absolute Gasteiger partial charge is 0.380 e. The van der Waals surface area contributed by atoms with E-state index in [-0.39, 0.29) is 0 Å². The van der Waals surface area contributed by atoms with Crippen molar-refractivity contribution in [3.63, 3.8) is 0 Å². The summed E-state index contributed by atoms with van der Waals surface area (Å²) < 4.78 is 16.3. The number of rotatable bonds is 12. The van der Waals surface area contributed by atoms with Crippen molar-refractivity contribution in [2.24, 2.45) is 0 Å². The summed E-state index contributed by atoms with van der Waals surface area (Å²) >= 11 is 0. The van der Waals surface area contributed by atoms with E-state index in [9.17, 15) is 0 Å². The van der Waals surface area contributed by atoms with Gasteiger partial charge in [-0.15, -0.1) is 0 Å². The Balaban J connectivity index is 0. The Morgan fingerprint density at radius 1 is 0.789 bits per heavy atom. The van der Waals surface area contributed by atoms with Crippen molar-refractivity contribution < 1.29 is 14.2 Å². The highest BCUT2D eigenvalue weighted by Crippen LogP contribution is 1.93. The molecule has 0 saturated carbocycles. The zero-order chi connectivity index (χ0) is 14.9. The SMILES string of the molecule is CC.CCOCCN(CCOCC)CCOC(C)C. The van der Waals surface area contributed by atoms with E-state index in [0.717, 1.165) is 52.7 Å². The number of hydrogen-bond donors (Lipinski definition) is 0. The summed E-state index contributed by atoms with van der Waals surface area (Å²) in [5.41, 5.74) is 0. The molecule has 0 aliphatic heterocycles. The van der Waals surface area contributed by atoms with Gasteiger partial charge < -0.3 is 14.2 Å². The minimum absolute atomic E-state index is 0.302. The Kier molecular flexibility index (Phi) is 19.9. The first-order valence-electron chi connectivity index (χ1n) is 7.70. The van der Waals surface area contributed by atoms with E-state index in [4.69, 9.17) is 14.2 Å². The standard InChI is InChI=1S/C13H29NO3.C2H6/c1-5-15-10-7-14(8-11-16-6-2)9-12-17-13(3)4;1-2/h13H,5-12H2,1-4H3;1-2H3. The molecule has 0 heterocycles. The van der Waals surface area contributed by atoms with E-state index in [0.29, 0.717) is 6.10 Å². The van der Waals surface area contributed by atoms with Crippen LogP contribution in [0.25, 0.3) is 0 Å². The smallest absolute Gasteiger partial charge is 0.0596 e. The van der Waals surface area contributed by atoms with Crippen LogP contribution in [0.4, 0.5) is 0 Å². The quantitative estimate of drug-likeness (QED) is 0.513. The lowest BCUT2D eigenvalue weighted by atomic mass is 10.4. The van der Waals surface area contributed by atoms with Crippen LogP contribution in [0.15, 0.2) is 0 Å². The number of hydrogen-bond acceptors (Lipinski definition) is 4. The maximum Gasteiger partial charge on any atom is 0.0596 e. The van der Waals surface area contributed by atoms with Gasteiger partial charge in [0.1, 0.15) is 0 Å². The molecule has 0 unspecified atom stereocenters. The zero-order valence-electron chi connectivity index (χ0n) is 13.9. The normalized spacial score (nSPS) is 10.7. The van der Waals surface area contributed by atoms with Crippen LogP contribution in [0, 0.1) is 0 Å². The average Bonchev–Trinajstić information content (AvgIpc) is 2.40. The molecule has 0 fully saturated rings. The first-order valence-corrected chi connectivity index (χ1v) is 7.70. The summed E-state index contributed by atoms with van der Waals surface area (Å²) in [6.07, 6.45) is 0.302. The van der Waals surface area contributed by atoms with Crippen molar-refractivity contribution in [2.75, 3.05) is 52.7 Å². The van der Waals surface area contributed by atoms with Crippen LogP contribution in [0.5, 0.6) is 0 Å². The molecule has 0 radical (unpaired) electrons. The van der Waals surface area contributed by atoms with Crippen LogP contribution in [0.2, 0.25) is 0 Å². The molecule has 0 aliphatic carbocycles. The lowest BCUT2D eigenvalue weighted by molar-refractivity contribution is 0.0375. The minimum Gasteiger partial charge on any atom is -0.380 e. The molecule has 19 heavy (non-hydrogen) atoms. The van der Waals surface area contributed by atoms with Crippen LogP contribution < -0.4 is 0 Å². The average molecular weight is 277 g/mol. The highest BCUT2D eigenvalue weighted by molar-refractivity contribution is 4.57. The summed E-state index contributed by atoms with van der Waals surface area (Å²) in [5.74, 6) is 0. The van der Waals surface area contributed by atoms with Gasteiger partial charge in [-0.05, 0) is 27.7 Å². The van der Waals surface area contributed by atoms with Crippen molar-refractivity contribution in [3.05, 3.63) is 0 Å². The Labute approximate surface area is 120 Å². The Morgan fingerprint density at radius 2 is 1.21 bits per heavy atom. The molecule has 0 aliphatic rings. The predicted octanol–water partition coefficient (Wildman–Crippen LogP) is 2.81. The van der Waals surface area contributed by atoms with Crippen molar-refractivity contribution >= 4 is 0 Å². The minimum atomic E-state index is 0.302. The second kappa shape index (κ2) is 17.8. The van der Waals surface area contributed by atoms with Crippen molar-refractivity contribution in [2.45, 2.75) is 47.6 Å². The third kappa shape index (κ3) is 17.8. The van der Waals surface area contributed by atoms with Crippen molar-refractivity contribution in [1.82, 2.24) is 4.90 Å². The molecule has 0 bridgehead atoms. The van der Waals surface area contributed by atoms with E-state index < -0.39 is 0 Å². The molecule has 0 aromatic rings. The molecule has 0 amide bonds. The highest BCUT2D eigenvalue weighted by atomic mass is 16.5. The lowest BCUT2D eigenvalue weighted by Gasteiger charge is -2.22. The fourth-order valence-electron chi connectivity index (χ4n) is 1.43. The summed E-state index contributed by atoms with van der Waals surface area (Å²) in [7, 11) is 0. The first kappa shape index (κ1) is 21.1. The van der Waals surface area contributed by atoms with Gasteiger partial charge in [-0.25, -0.2) is 0 Å². The molecule has 0 aromatic heterocycles. The van der Waals surface area contributed by atoms with Gasteiger partial charge in [-0.2, -0.15) is 0 Å². The molecular formula is C15H35NO3. The van der Waals surface area contributed by atoms with E-state index in [1.165, 1.54) is 0 Å². The molecule has 0 atom stereocenters. The van der Waals surface area contributed by atoms with Crippen molar-refractivity contribution in [3.8, 4) is 0 Å². The van der Waals surface area contributed by atoms with Crippen molar-refractivity contribution in [1.29, 1.82) is 0 Å². The molecule has 0 saturated heterocycles. The predicted molar refractivity (Wildman–Crippen MR) is 81.9 cm³/mol. The van der Waals surface area contributed by atoms with Gasteiger partial charge in [-0.1, -0.05) is 13.8 Å². The highest BCUT2D eigenvalue weighted by Gasteiger charge is 2.05. The van der Waals surface area contributed by atoms with Crippen LogP contribution in [-0.4, -0.2) is 63.7 Å². The lowest BCUT2D eigenvalue weighted by Crippen LogP contribution is -2.34. The van der Waals surface area contributed by atoms with Gasteiger partial charge in [0, 0.05) is 32.8 Å². The molecule has 0 rings (SSSR count). The van der Waals surface area contributed by atoms with E-state index in [1.807, 2.05) is 27.7 Å². The maximum absolute atomic E-state index is 5.56. The van der Waals surface area contributed by atoms with Crippen LogP contribution >= 0.6 is 0 Å². The molecule has 0 aromatic carbocycles. The molecule has 0 N–H and O–H groups in total. The van der Waals surface area contributed by atoms with Crippen LogP contribution in [-0.2, 0) is 14.2 Å². The fraction of sp³-hybridized carbons (Fsp3) is 1.00. The van der Waals surface area contributed by atoms with Crippen LogP contribution in [0.3, 0.4) is 0 Å². The Hall–Kier alpha value is -0.160. The summed E-state index contributed by atoms with van der Waals surface area (Å²) in [5, 5.41) is 0. The third-order valence-electron chi connectivity index (χ3n) is 2.37. The topological polar surface area (TPSA) is 30.9 Å². The zero-order valence-corrected chi connectivity index (χ0v) is 13.9. The maximum atomic E-state index is 5.56. The first-order chi connectivity index (χ1) is 9.20. The van der Waals surface area contributed by atoms with Gasteiger partial charge >= 0.3 is 0 Å². The molecule has 118 valence electrons. The van der Waals surface area contributed by atoms with Crippen LogP contribution in [0.1, 0.15) is 41.5 Å². The van der Waals surface area contributed by atoms with Gasteiger partial charge in [0.15, 0.2) is 0 Å². The summed E-state index contributed by atoms with van der Waals surface area (Å²) in [4.78, 5) is 2.33. The molecule has 0 spiro atoms. The fourth-order valence-corrected chi connectivity index (χ4v) is 1.43. The second-order valence-corrected chi connectivity index (χ2v) is 4.16. The van der Waals surface area contributed by atoms with Gasteiger partial charge in [0.25, 0.3) is 0 Å². The monoisotopic (exact) mass is 277 g/mol. The van der Waals surface area contributed by atoms with E-state index in [2.05, 4.69) is 18.7 Å². The summed E-state index contributed by atoms with van der Waals surface area (Å²) in [6.45, 7) is 18.9. The van der Waals surface area contributed by atoms with E-state index >= 15 is 0 Å². The van der Waals surface area contributed by atoms with Gasteiger partial charge in [0.05, 0.1) is 25.9 Å². The molecule has 4 heteroatoms. The number of ether oxygens (including phenoxy) is 3. The Bertz CT molecular complexity index is 144. The summed E-state index contributed by atoms with van der Waals surface area (Å²) in [6, 6.07) is 0. The van der Waals surface area contributed by atoms with Gasteiger partial charge in [0.2, 0.25) is 0 Å². The number of nitrogens with zero attached hydrogens (tertiary/aromatic N) is 1. The third-order valence-corrected chi connectivity index (χ3v) is 2.37. The van der Waals surface area contributed by atoms with E-state index in [1.54, 1.807) is 0 Å². The molecular weight excluding hydrogens is 242 g/mol. The Morgan fingerprint density at radius 3 is 1.58 bits per heavy atom. The molecule has 4 nitrogen and oxygen atoms in total. The second-order valence-electron chi connectivity index (χ2n) is 4.16. The van der Waals surface area contributed by atoms with Gasteiger partial charge in [-0.3, -0.25) is 4.90 Å².